The third-order valence-corrected chi connectivity index (χ3v) is 8.46. The molecule has 4 rings (SSSR count). The van der Waals surface area contributed by atoms with E-state index in [1.54, 1.807) is 11.8 Å². The lowest BCUT2D eigenvalue weighted by molar-refractivity contribution is -0.151. The number of hydrogen-bond acceptors (Lipinski definition) is 4. The quantitative estimate of drug-likeness (QED) is 0.165. The summed E-state index contributed by atoms with van der Waals surface area (Å²) in [5.41, 5.74) is 4.37. The van der Waals surface area contributed by atoms with E-state index in [-0.39, 0.29) is 18.1 Å². The Morgan fingerprint density at radius 1 is 0.676 bits per heavy atom. The Kier molecular flexibility index (Phi) is 8.86. The molecule has 0 N–H and O–H groups in total. The second-order valence-corrected chi connectivity index (χ2v) is 11.1. The minimum Gasteiger partial charge on any atom is -0.455 e. The lowest BCUT2D eigenvalue weighted by Gasteiger charge is -2.37. The zero-order valence-corrected chi connectivity index (χ0v) is 22.8. The smallest absolute Gasteiger partial charge is 0.319 e. The zero-order chi connectivity index (χ0) is 26.3. The van der Waals surface area contributed by atoms with Crippen molar-refractivity contribution in [2.75, 3.05) is 14.1 Å². The van der Waals surface area contributed by atoms with Gasteiger partial charge in [-0.25, -0.2) is 0 Å². The first kappa shape index (κ1) is 26.7. The van der Waals surface area contributed by atoms with Crippen LogP contribution in [0.25, 0.3) is 0 Å². The van der Waals surface area contributed by atoms with Crippen molar-refractivity contribution in [2.45, 2.75) is 36.0 Å². The molecule has 0 aromatic heterocycles. The van der Waals surface area contributed by atoms with E-state index in [1.807, 2.05) is 69.6 Å². The summed E-state index contributed by atoms with van der Waals surface area (Å²) in [4.78, 5) is 15.9. The largest absolute Gasteiger partial charge is 0.455 e. The van der Waals surface area contributed by atoms with Crippen LogP contribution in [-0.2, 0) is 14.3 Å². The van der Waals surface area contributed by atoms with Crippen molar-refractivity contribution in [1.82, 2.24) is 4.90 Å². The summed E-state index contributed by atoms with van der Waals surface area (Å²) < 4.78 is 5.69. The van der Waals surface area contributed by atoms with Gasteiger partial charge >= 0.3 is 5.97 Å². The normalized spacial score (nSPS) is 14.1. The van der Waals surface area contributed by atoms with Crippen molar-refractivity contribution < 1.29 is 9.53 Å². The molecule has 0 fully saturated rings. The Balaban J connectivity index is 1.74. The van der Waals surface area contributed by atoms with Gasteiger partial charge in [0.05, 0.1) is 4.75 Å². The Bertz CT molecular complexity index is 1150. The third-order valence-electron chi connectivity index (χ3n) is 6.85. The van der Waals surface area contributed by atoms with Gasteiger partial charge in [0.25, 0.3) is 0 Å². The van der Waals surface area contributed by atoms with Crippen LogP contribution in [0, 0.1) is 0 Å². The molecule has 0 radical (unpaired) electrons. The summed E-state index contributed by atoms with van der Waals surface area (Å²) in [6, 6.07) is 41.3. The molecule has 37 heavy (non-hydrogen) atoms. The van der Waals surface area contributed by atoms with Gasteiger partial charge in [0.1, 0.15) is 11.4 Å². The van der Waals surface area contributed by atoms with Gasteiger partial charge in [-0.15, -0.1) is 11.8 Å². The van der Waals surface area contributed by atoms with Crippen LogP contribution in [0.3, 0.4) is 0 Å². The second kappa shape index (κ2) is 12.3. The van der Waals surface area contributed by atoms with Gasteiger partial charge in [0.15, 0.2) is 0 Å². The molecule has 0 bridgehead atoms. The van der Waals surface area contributed by atoms with Crippen molar-refractivity contribution in [3.63, 3.8) is 0 Å². The first-order chi connectivity index (χ1) is 17.9. The fraction of sp³-hybridized carbons (Fsp3) is 0.242. The highest BCUT2D eigenvalue weighted by atomic mass is 32.2. The van der Waals surface area contributed by atoms with Crippen molar-refractivity contribution in [1.29, 1.82) is 0 Å². The van der Waals surface area contributed by atoms with E-state index >= 15 is 0 Å². The molecule has 4 heteroatoms. The maximum Gasteiger partial charge on any atom is 0.319 e. The maximum absolute atomic E-state index is 13.8. The molecule has 0 heterocycles. The number of benzene rings is 4. The summed E-state index contributed by atoms with van der Waals surface area (Å²) in [6.45, 7) is 4.05. The van der Waals surface area contributed by atoms with Crippen LogP contribution in [0.5, 0.6) is 0 Å². The molecule has 4 aromatic carbocycles. The predicted octanol–water partition coefficient (Wildman–Crippen LogP) is 7.33. The summed E-state index contributed by atoms with van der Waals surface area (Å²) in [6.07, 6.45) is -0.369. The molecule has 0 saturated carbocycles. The Morgan fingerprint density at radius 3 is 1.43 bits per heavy atom. The van der Waals surface area contributed by atoms with E-state index in [0.29, 0.717) is 0 Å². The maximum atomic E-state index is 13.8. The number of carbonyl (C=O) groups excluding carboxylic acids is 1. The molecule has 190 valence electrons. The molecule has 0 aliphatic carbocycles. The standard InChI is InChI=1S/C33H35NO2S/c1-25(34(3)4)31(27-17-9-5-10-18-27)36-32(35)26(2)37-33(28-19-11-6-12-20-28,29-21-13-7-14-22-29)30-23-15-8-16-24-30/h5-26,31H,1-4H3/t25-,26+,31+/m0/s1. The molecular formula is C33H35NO2S. The van der Waals surface area contributed by atoms with Gasteiger partial charge < -0.3 is 9.64 Å². The summed E-state index contributed by atoms with van der Waals surface area (Å²) in [5.74, 6) is -0.222. The predicted molar refractivity (Wildman–Crippen MR) is 155 cm³/mol. The highest BCUT2D eigenvalue weighted by Crippen LogP contribution is 2.50. The molecule has 0 saturated heterocycles. The minimum absolute atomic E-state index is 0.0191. The molecule has 0 aliphatic rings. The van der Waals surface area contributed by atoms with Crippen LogP contribution >= 0.6 is 11.8 Å². The topological polar surface area (TPSA) is 29.5 Å². The average Bonchev–Trinajstić information content (AvgIpc) is 2.95. The number of rotatable bonds is 10. The third kappa shape index (κ3) is 5.98. The number of esters is 1. The van der Waals surface area contributed by atoms with Crippen LogP contribution in [-0.4, -0.2) is 36.3 Å². The van der Waals surface area contributed by atoms with E-state index in [9.17, 15) is 4.79 Å². The van der Waals surface area contributed by atoms with Crippen LogP contribution in [0.2, 0.25) is 0 Å². The first-order valence-electron chi connectivity index (χ1n) is 12.7. The van der Waals surface area contributed by atoms with E-state index in [0.717, 1.165) is 22.3 Å². The lowest BCUT2D eigenvalue weighted by Crippen LogP contribution is -2.36. The van der Waals surface area contributed by atoms with Crippen molar-refractivity contribution >= 4 is 17.7 Å². The number of ether oxygens (including phenoxy) is 1. The Labute approximate surface area is 225 Å². The van der Waals surface area contributed by atoms with Gasteiger partial charge in [-0.2, -0.15) is 0 Å². The molecule has 4 aromatic rings. The Hall–Kier alpha value is -3.34. The Morgan fingerprint density at radius 2 is 1.05 bits per heavy atom. The summed E-state index contributed by atoms with van der Waals surface area (Å²) in [7, 11) is 4.02. The fourth-order valence-corrected chi connectivity index (χ4v) is 6.11. The van der Waals surface area contributed by atoms with E-state index < -0.39 is 10.00 Å². The first-order valence-corrected chi connectivity index (χ1v) is 13.6. The molecule has 3 nitrogen and oxygen atoms in total. The average molecular weight is 510 g/mol. The van der Waals surface area contributed by atoms with Crippen LogP contribution in [0.1, 0.15) is 42.2 Å². The van der Waals surface area contributed by atoms with Crippen molar-refractivity contribution in [3.8, 4) is 0 Å². The van der Waals surface area contributed by atoms with Gasteiger partial charge in [-0.05, 0) is 50.2 Å². The number of likely N-dealkylation sites (N-methyl/N-ethyl adjacent to an activating group) is 1. The number of nitrogens with zero attached hydrogens (tertiary/aromatic N) is 1. The molecule has 0 aliphatic heterocycles. The molecule has 0 unspecified atom stereocenters. The lowest BCUT2D eigenvalue weighted by atomic mass is 9.84. The molecule has 0 spiro atoms. The van der Waals surface area contributed by atoms with Gasteiger partial charge in [0, 0.05) is 6.04 Å². The molecular weight excluding hydrogens is 474 g/mol. The number of hydrogen-bond donors (Lipinski definition) is 0. The van der Waals surface area contributed by atoms with Gasteiger partial charge in [-0.3, -0.25) is 4.79 Å². The van der Waals surface area contributed by atoms with E-state index in [2.05, 4.69) is 84.6 Å². The molecule has 0 amide bonds. The minimum atomic E-state index is -0.586. The van der Waals surface area contributed by atoms with Gasteiger partial charge in [-0.1, -0.05) is 121 Å². The van der Waals surface area contributed by atoms with Gasteiger partial charge in [0.2, 0.25) is 0 Å². The highest BCUT2D eigenvalue weighted by Gasteiger charge is 2.41. The fourth-order valence-electron chi connectivity index (χ4n) is 4.62. The highest BCUT2D eigenvalue weighted by molar-refractivity contribution is 8.01. The zero-order valence-electron chi connectivity index (χ0n) is 22.0. The summed E-state index contributed by atoms with van der Waals surface area (Å²) in [5, 5.41) is -0.429. The second-order valence-electron chi connectivity index (χ2n) is 9.51. The van der Waals surface area contributed by atoms with Crippen molar-refractivity contribution in [3.05, 3.63) is 144 Å². The van der Waals surface area contributed by atoms with E-state index in [1.165, 1.54) is 0 Å². The van der Waals surface area contributed by atoms with Crippen LogP contribution < -0.4 is 0 Å². The van der Waals surface area contributed by atoms with E-state index in [4.69, 9.17) is 4.74 Å². The SMILES string of the molecule is C[C@@H](SC(c1ccccc1)(c1ccccc1)c1ccccc1)C(=O)O[C@@H](c1ccccc1)[C@H](C)N(C)C. The molecule has 3 atom stereocenters. The van der Waals surface area contributed by atoms with Crippen LogP contribution in [0.15, 0.2) is 121 Å². The van der Waals surface area contributed by atoms with Crippen LogP contribution in [0.4, 0.5) is 0 Å². The number of thioether (sulfide) groups is 1. The monoisotopic (exact) mass is 509 g/mol. The summed E-state index contributed by atoms with van der Waals surface area (Å²) >= 11 is 1.63. The number of carbonyl (C=O) groups is 1. The van der Waals surface area contributed by atoms with Crippen molar-refractivity contribution in [2.24, 2.45) is 0 Å².